The second-order valence-corrected chi connectivity index (χ2v) is 7.07. The van der Waals surface area contributed by atoms with E-state index in [1.165, 1.54) is 0 Å². The van der Waals surface area contributed by atoms with Crippen LogP contribution in [0.15, 0.2) is 46.6 Å². The fourth-order valence-corrected chi connectivity index (χ4v) is 3.72. The molecule has 0 spiro atoms. The van der Waals surface area contributed by atoms with Crippen LogP contribution in [0.5, 0.6) is 0 Å². The molecule has 1 aromatic carbocycles. The van der Waals surface area contributed by atoms with Gasteiger partial charge in [-0.1, -0.05) is 25.1 Å². The van der Waals surface area contributed by atoms with Crippen LogP contribution in [0, 0.1) is 0 Å². The lowest BCUT2D eigenvalue weighted by molar-refractivity contribution is -0.131. The predicted octanol–water partition coefficient (Wildman–Crippen LogP) is 3.15. The van der Waals surface area contributed by atoms with Gasteiger partial charge in [0.25, 0.3) is 5.56 Å². The Morgan fingerprint density at radius 3 is 2.72 bits per heavy atom. The summed E-state index contributed by atoms with van der Waals surface area (Å²) in [6.07, 6.45) is 1.05. The molecule has 0 saturated carbocycles. The lowest BCUT2D eigenvalue weighted by atomic mass is 10.1. The summed E-state index contributed by atoms with van der Waals surface area (Å²) >= 11 is 1.57. The fraction of sp³-hybridized carbons (Fsp3) is 0.316. The molecular formula is C19H21N3O2S. The summed E-state index contributed by atoms with van der Waals surface area (Å²) in [4.78, 5) is 32.7. The maximum atomic E-state index is 12.7. The van der Waals surface area contributed by atoms with Gasteiger partial charge in [0.1, 0.15) is 5.82 Å². The van der Waals surface area contributed by atoms with E-state index in [0.29, 0.717) is 29.6 Å². The Bertz CT molecular complexity index is 947. The van der Waals surface area contributed by atoms with E-state index in [-0.39, 0.29) is 17.5 Å². The van der Waals surface area contributed by atoms with Crippen LogP contribution in [-0.4, -0.2) is 27.4 Å². The molecule has 25 heavy (non-hydrogen) atoms. The van der Waals surface area contributed by atoms with Gasteiger partial charge in [0.05, 0.1) is 23.4 Å². The molecule has 0 aliphatic carbocycles. The smallest absolute Gasteiger partial charge is 0.261 e. The highest BCUT2D eigenvalue weighted by Crippen LogP contribution is 2.23. The van der Waals surface area contributed by atoms with Crippen molar-refractivity contribution in [3.63, 3.8) is 0 Å². The molecule has 1 atom stereocenters. The number of fused-ring (bicyclic) bond motifs is 1. The van der Waals surface area contributed by atoms with E-state index < -0.39 is 0 Å². The first-order valence-corrected chi connectivity index (χ1v) is 9.14. The lowest BCUT2D eigenvalue weighted by Gasteiger charge is -2.28. The Kier molecular flexibility index (Phi) is 4.99. The number of hydrogen-bond donors (Lipinski definition) is 0. The van der Waals surface area contributed by atoms with E-state index in [2.05, 4.69) is 4.98 Å². The molecule has 0 N–H and O–H groups in total. The molecule has 5 nitrogen and oxygen atoms in total. The molecule has 2 heterocycles. The number of nitrogens with zero attached hydrogens (tertiary/aromatic N) is 3. The van der Waals surface area contributed by atoms with Gasteiger partial charge in [0.15, 0.2) is 0 Å². The van der Waals surface area contributed by atoms with Crippen molar-refractivity contribution in [2.45, 2.75) is 25.8 Å². The molecule has 3 rings (SSSR count). The third-order valence-electron chi connectivity index (χ3n) is 4.47. The quantitative estimate of drug-likeness (QED) is 0.706. The predicted molar refractivity (Wildman–Crippen MR) is 101 cm³/mol. The number of benzene rings is 1. The largest absolute Gasteiger partial charge is 0.335 e. The minimum atomic E-state index is -0.241. The summed E-state index contributed by atoms with van der Waals surface area (Å²) in [6.45, 7) is 2.00. The average Bonchev–Trinajstić information content (AvgIpc) is 3.12. The van der Waals surface area contributed by atoms with E-state index in [0.717, 1.165) is 4.88 Å². The average molecular weight is 355 g/mol. The minimum Gasteiger partial charge on any atom is -0.335 e. The first kappa shape index (κ1) is 17.4. The summed E-state index contributed by atoms with van der Waals surface area (Å²) in [5.74, 6) is 0.643. The Morgan fingerprint density at radius 2 is 2.04 bits per heavy atom. The van der Waals surface area contributed by atoms with Crippen LogP contribution in [0.4, 0.5) is 0 Å². The zero-order chi connectivity index (χ0) is 18.0. The monoisotopic (exact) mass is 355 g/mol. The van der Waals surface area contributed by atoms with Crippen molar-refractivity contribution in [3.05, 3.63) is 62.8 Å². The highest BCUT2D eigenvalue weighted by atomic mass is 32.1. The highest BCUT2D eigenvalue weighted by Gasteiger charge is 2.24. The highest BCUT2D eigenvalue weighted by molar-refractivity contribution is 7.10. The summed E-state index contributed by atoms with van der Waals surface area (Å²) in [7, 11) is 3.50. The van der Waals surface area contributed by atoms with E-state index in [1.54, 1.807) is 41.0 Å². The molecule has 0 bridgehead atoms. The summed E-state index contributed by atoms with van der Waals surface area (Å²) in [5, 5.41) is 2.56. The topological polar surface area (TPSA) is 55.2 Å². The number of amides is 1. The summed E-state index contributed by atoms with van der Waals surface area (Å²) < 4.78 is 1.56. The van der Waals surface area contributed by atoms with Crippen LogP contribution in [0.1, 0.15) is 30.1 Å². The zero-order valence-corrected chi connectivity index (χ0v) is 15.4. The molecule has 0 fully saturated rings. The summed E-state index contributed by atoms with van der Waals surface area (Å²) in [6, 6.07) is 11.0. The van der Waals surface area contributed by atoms with Crippen LogP contribution in [0.3, 0.4) is 0 Å². The second-order valence-electron chi connectivity index (χ2n) is 6.04. The molecule has 3 aromatic rings. The molecule has 2 aromatic heterocycles. The van der Waals surface area contributed by atoms with Gasteiger partial charge in [-0.2, -0.15) is 0 Å². The van der Waals surface area contributed by atoms with Crippen molar-refractivity contribution in [2.24, 2.45) is 7.05 Å². The third kappa shape index (κ3) is 3.35. The molecule has 1 amide bonds. The number of aromatic nitrogens is 2. The zero-order valence-electron chi connectivity index (χ0n) is 14.6. The summed E-state index contributed by atoms with van der Waals surface area (Å²) in [5.41, 5.74) is 0.580. The van der Waals surface area contributed by atoms with Crippen molar-refractivity contribution in [1.82, 2.24) is 14.5 Å². The van der Waals surface area contributed by atoms with E-state index in [4.69, 9.17) is 0 Å². The molecule has 1 unspecified atom stereocenters. The number of carbonyl (C=O) groups excluding carboxylic acids is 1. The molecule has 0 aliphatic rings. The Hall–Kier alpha value is -2.47. The second kappa shape index (κ2) is 7.19. The van der Waals surface area contributed by atoms with Crippen LogP contribution >= 0.6 is 11.3 Å². The first-order valence-electron chi connectivity index (χ1n) is 8.26. The van der Waals surface area contributed by atoms with Crippen LogP contribution in [0.2, 0.25) is 0 Å². The number of likely N-dealkylation sites (N-methyl/N-ethyl adjacent to an activating group) is 1. The molecular weight excluding hydrogens is 334 g/mol. The standard InChI is InChI=1S/C19H21N3O2S/c1-4-16(21(2)17(23)12-13-8-7-11-25-13)18-20-15-10-6-5-9-14(15)19(24)22(18)3/h5-11,16H,4,12H2,1-3H3. The lowest BCUT2D eigenvalue weighted by Crippen LogP contribution is -2.36. The SMILES string of the molecule is CCC(c1nc2ccccc2c(=O)n1C)N(C)C(=O)Cc1cccs1. The number of rotatable bonds is 5. The van der Waals surface area contributed by atoms with E-state index in [9.17, 15) is 9.59 Å². The van der Waals surface area contributed by atoms with E-state index in [1.807, 2.05) is 42.6 Å². The van der Waals surface area contributed by atoms with Gasteiger partial charge in [0, 0.05) is 19.0 Å². The van der Waals surface area contributed by atoms with E-state index >= 15 is 0 Å². The van der Waals surface area contributed by atoms with Gasteiger partial charge in [0.2, 0.25) is 5.91 Å². The fourth-order valence-electron chi connectivity index (χ4n) is 3.02. The maximum absolute atomic E-state index is 12.7. The molecule has 6 heteroatoms. The normalized spacial score (nSPS) is 12.3. The van der Waals surface area contributed by atoms with Gasteiger partial charge >= 0.3 is 0 Å². The Morgan fingerprint density at radius 1 is 1.28 bits per heavy atom. The van der Waals surface area contributed by atoms with Crippen molar-refractivity contribution >= 4 is 28.1 Å². The molecule has 0 radical (unpaired) electrons. The number of hydrogen-bond acceptors (Lipinski definition) is 4. The molecule has 0 saturated heterocycles. The number of thiophene rings is 1. The van der Waals surface area contributed by atoms with Crippen LogP contribution in [-0.2, 0) is 18.3 Å². The van der Waals surface area contributed by atoms with Crippen molar-refractivity contribution < 1.29 is 4.79 Å². The Balaban J connectivity index is 1.97. The minimum absolute atomic E-state index is 0.0247. The first-order chi connectivity index (χ1) is 12.0. The Labute approximate surface area is 150 Å². The van der Waals surface area contributed by atoms with Crippen LogP contribution in [0.25, 0.3) is 10.9 Å². The van der Waals surface area contributed by atoms with Crippen molar-refractivity contribution in [1.29, 1.82) is 0 Å². The van der Waals surface area contributed by atoms with Gasteiger partial charge in [-0.25, -0.2) is 4.98 Å². The third-order valence-corrected chi connectivity index (χ3v) is 5.35. The maximum Gasteiger partial charge on any atom is 0.261 e. The number of carbonyl (C=O) groups is 1. The molecule has 0 aliphatic heterocycles. The van der Waals surface area contributed by atoms with Gasteiger partial charge in [-0.3, -0.25) is 14.2 Å². The van der Waals surface area contributed by atoms with Crippen molar-refractivity contribution in [2.75, 3.05) is 7.05 Å². The van der Waals surface area contributed by atoms with Crippen LogP contribution < -0.4 is 5.56 Å². The van der Waals surface area contributed by atoms with Gasteiger partial charge in [-0.05, 0) is 30.0 Å². The number of para-hydroxylation sites is 1. The van der Waals surface area contributed by atoms with Gasteiger partial charge < -0.3 is 4.90 Å². The molecule has 130 valence electrons. The van der Waals surface area contributed by atoms with Gasteiger partial charge in [-0.15, -0.1) is 11.3 Å². The van der Waals surface area contributed by atoms with Crippen molar-refractivity contribution in [3.8, 4) is 0 Å².